The van der Waals surface area contributed by atoms with Crippen LogP contribution >= 0.6 is 0 Å². The molecule has 0 radical (unpaired) electrons. The molecule has 0 unspecified atom stereocenters. The van der Waals surface area contributed by atoms with Crippen molar-refractivity contribution in [3.05, 3.63) is 0 Å². The molecule has 0 aromatic carbocycles. The van der Waals surface area contributed by atoms with Crippen molar-refractivity contribution in [1.29, 1.82) is 0 Å². The molecule has 2 amide bonds. The molecule has 1 rings (SSSR count). The molecule has 1 aliphatic heterocycles. The lowest BCUT2D eigenvalue weighted by atomic mass is 10.4. The second kappa shape index (κ2) is 5.92. The standard InChI is InChI=1S/C10H21N3O2/c1-11(2)10(14)12(3)4-5-13-6-8-15-9-7-13/h4-9H2,1-3H3. The van der Waals surface area contributed by atoms with Gasteiger partial charge in [0.05, 0.1) is 13.2 Å². The van der Waals surface area contributed by atoms with Crippen LogP contribution in [0.4, 0.5) is 4.79 Å². The fraction of sp³-hybridized carbons (Fsp3) is 0.900. The van der Waals surface area contributed by atoms with Crippen molar-refractivity contribution < 1.29 is 9.53 Å². The van der Waals surface area contributed by atoms with Crippen LogP contribution in [0, 0.1) is 0 Å². The van der Waals surface area contributed by atoms with Gasteiger partial charge < -0.3 is 14.5 Å². The Labute approximate surface area is 91.6 Å². The molecule has 15 heavy (non-hydrogen) atoms. The lowest BCUT2D eigenvalue weighted by Crippen LogP contribution is -2.44. The number of carbonyl (C=O) groups excluding carboxylic acids is 1. The van der Waals surface area contributed by atoms with E-state index < -0.39 is 0 Å². The third-order valence-corrected chi connectivity index (χ3v) is 2.56. The summed E-state index contributed by atoms with van der Waals surface area (Å²) < 4.78 is 5.26. The summed E-state index contributed by atoms with van der Waals surface area (Å²) in [5.41, 5.74) is 0. The van der Waals surface area contributed by atoms with Gasteiger partial charge in [-0.25, -0.2) is 4.79 Å². The molecule has 0 N–H and O–H groups in total. The Hall–Kier alpha value is -0.810. The van der Waals surface area contributed by atoms with E-state index >= 15 is 0 Å². The number of amides is 2. The van der Waals surface area contributed by atoms with Crippen LogP contribution in [0.5, 0.6) is 0 Å². The maximum atomic E-state index is 11.5. The summed E-state index contributed by atoms with van der Waals surface area (Å²) in [6.45, 7) is 5.28. The molecule has 5 nitrogen and oxygen atoms in total. The van der Waals surface area contributed by atoms with E-state index in [4.69, 9.17) is 4.74 Å². The second-order valence-electron chi connectivity index (χ2n) is 4.05. The largest absolute Gasteiger partial charge is 0.379 e. The van der Waals surface area contributed by atoms with Gasteiger partial charge in [0.25, 0.3) is 0 Å². The average Bonchev–Trinajstić information content (AvgIpc) is 2.26. The van der Waals surface area contributed by atoms with E-state index in [2.05, 4.69) is 4.90 Å². The van der Waals surface area contributed by atoms with Crippen LogP contribution in [-0.4, -0.2) is 81.3 Å². The summed E-state index contributed by atoms with van der Waals surface area (Å²) in [5, 5.41) is 0. The Balaban J connectivity index is 2.20. The summed E-state index contributed by atoms with van der Waals surface area (Å²) in [5.74, 6) is 0. The fourth-order valence-corrected chi connectivity index (χ4v) is 1.55. The average molecular weight is 215 g/mol. The van der Waals surface area contributed by atoms with Gasteiger partial charge in [0.2, 0.25) is 0 Å². The van der Waals surface area contributed by atoms with E-state index in [1.54, 1.807) is 23.9 Å². The monoisotopic (exact) mass is 215 g/mol. The van der Waals surface area contributed by atoms with E-state index in [9.17, 15) is 4.79 Å². The summed E-state index contributed by atoms with van der Waals surface area (Å²) >= 11 is 0. The Bertz CT molecular complexity index is 203. The Morgan fingerprint density at radius 3 is 2.40 bits per heavy atom. The highest BCUT2D eigenvalue weighted by atomic mass is 16.5. The van der Waals surface area contributed by atoms with Crippen molar-refractivity contribution in [3.8, 4) is 0 Å². The minimum absolute atomic E-state index is 0.0586. The number of nitrogens with zero attached hydrogens (tertiary/aromatic N) is 3. The number of hydrogen-bond donors (Lipinski definition) is 0. The van der Waals surface area contributed by atoms with Crippen molar-refractivity contribution >= 4 is 6.03 Å². The molecular weight excluding hydrogens is 194 g/mol. The molecule has 0 spiro atoms. The fourth-order valence-electron chi connectivity index (χ4n) is 1.55. The van der Waals surface area contributed by atoms with Crippen LogP contribution in [0.15, 0.2) is 0 Å². The van der Waals surface area contributed by atoms with Crippen LogP contribution in [-0.2, 0) is 4.74 Å². The van der Waals surface area contributed by atoms with Gasteiger partial charge in [-0.15, -0.1) is 0 Å². The van der Waals surface area contributed by atoms with Crippen molar-refractivity contribution in [3.63, 3.8) is 0 Å². The molecule has 1 heterocycles. The molecule has 0 atom stereocenters. The third kappa shape index (κ3) is 4.05. The number of urea groups is 1. The first-order valence-electron chi connectivity index (χ1n) is 5.34. The van der Waals surface area contributed by atoms with Crippen molar-refractivity contribution in [2.75, 3.05) is 60.5 Å². The zero-order valence-electron chi connectivity index (χ0n) is 9.90. The Kier molecular flexibility index (Phi) is 4.84. The van der Waals surface area contributed by atoms with E-state index in [-0.39, 0.29) is 6.03 Å². The van der Waals surface area contributed by atoms with Crippen LogP contribution in [0.25, 0.3) is 0 Å². The summed E-state index contributed by atoms with van der Waals surface area (Å²) in [4.78, 5) is 17.2. The third-order valence-electron chi connectivity index (χ3n) is 2.56. The molecule has 1 saturated heterocycles. The lowest BCUT2D eigenvalue weighted by molar-refractivity contribution is 0.0353. The number of ether oxygens (including phenoxy) is 1. The smallest absolute Gasteiger partial charge is 0.319 e. The van der Waals surface area contributed by atoms with Crippen LogP contribution in [0.1, 0.15) is 0 Å². The Morgan fingerprint density at radius 1 is 1.27 bits per heavy atom. The summed E-state index contributed by atoms with van der Waals surface area (Å²) in [6, 6.07) is 0.0586. The second-order valence-corrected chi connectivity index (χ2v) is 4.05. The maximum Gasteiger partial charge on any atom is 0.319 e. The van der Waals surface area contributed by atoms with Gasteiger partial charge in [-0.05, 0) is 0 Å². The van der Waals surface area contributed by atoms with Gasteiger partial charge in [0.15, 0.2) is 0 Å². The van der Waals surface area contributed by atoms with E-state index in [0.29, 0.717) is 0 Å². The highest BCUT2D eigenvalue weighted by Gasteiger charge is 2.14. The number of hydrogen-bond acceptors (Lipinski definition) is 3. The van der Waals surface area contributed by atoms with Crippen molar-refractivity contribution in [2.24, 2.45) is 0 Å². The first kappa shape index (κ1) is 12.3. The summed E-state index contributed by atoms with van der Waals surface area (Å²) in [6.07, 6.45) is 0. The molecular formula is C10H21N3O2. The molecule has 0 aromatic rings. The molecule has 0 aliphatic carbocycles. The van der Waals surface area contributed by atoms with Gasteiger partial charge in [-0.3, -0.25) is 4.90 Å². The van der Waals surface area contributed by atoms with Crippen LogP contribution < -0.4 is 0 Å². The van der Waals surface area contributed by atoms with Gasteiger partial charge in [0, 0.05) is 47.3 Å². The molecule has 0 bridgehead atoms. The molecule has 5 heteroatoms. The maximum absolute atomic E-state index is 11.5. The SMILES string of the molecule is CN(C)C(=O)N(C)CCN1CCOCC1. The highest BCUT2D eigenvalue weighted by molar-refractivity contribution is 5.73. The van der Waals surface area contributed by atoms with Gasteiger partial charge in [0.1, 0.15) is 0 Å². The zero-order valence-corrected chi connectivity index (χ0v) is 9.90. The molecule has 88 valence electrons. The number of likely N-dealkylation sites (N-methyl/N-ethyl adjacent to an activating group) is 1. The predicted octanol–water partition coefficient (Wildman–Crippen LogP) is -0.0680. The highest BCUT2D eigenvalue weighted by Crippen LogP contribution is 1.98. The normalized spacial score (nSPS) is 17.5. The van der Waals surface area contributed by atoms with Gasteiger partial charge >= 0.3 is 6.03 Å². The van der Waals surface area contributed by atoms with Crippen LogP contribution in [0.3, 0.4) is 0 Å². The van der Waals surface area contributed by atoms with Gasteiger partial charge in [-0.2, -0.15) is 0 Å². The first-order chi connectivity index (χ1) is 7.11. The first-order valence-corrected chi connectivity index (χ1v) is 5.34. The van der Waals surface area contributed by atoms with Gasteiger partial charge in [-0.1, -0.05) is 0 Å². The molecule has 1 aliphatic rings. The Morgan fingerprint density at radius 2 is 1.87 bits per heavy atom. The quantitative estimate of drug-likeness (QED) is 0.661. The molecule has 0 saturated carbocycles. The number of carbonyl (C=O) groups is 1. The van der Waals surface area contributed by atoms with Crippen LogP contribution in [0.2, 0.25) is 0 Å². The van der Waals surface area contributed by atoms with Crippen molar-refractivity contribution in [1.82, 2.24) is 14.7 Å². The molecule has 0 aromatic heterocycles. The minimum atomic E-state index is 0.0586. The minimum Gasteiger partial charge on any atom is -0.379 e. The summed E-state index contributed by atoms with van der Waals surface area (Å²) in [7, 11) is 5.38. The molecule has 1 fully saturated rings. The van der Waals surface area contributed by atoms with E-state index in [0.717, 1.165) is 39.4 Å². The zero-order chi connectivity index (χ0) is 11.3. The predicted molar refractivity (Wildman–Crippen MR) is 59.0 cm³/mol. The van der Waals surface area contributed by atoms with E-state index in [1.807, 2.05) is 7.05 Å². The lowest BCUT2D eigenvalue weighted by Gasteiger charge is -2.29. The van der Waals surface area contributed by atoms with E-state index in [1.165, 1.54) is 0 Å². The number of morpholine rings is 1. The van der Waals surface area contributed by atoms with Crippen molar-refractivity contribution in [2.45, 2.75) is 0 Å². The number of rotatable bonds is 3. The topological polar surface area (TPSA) is 36.0 Å².